The summed E-state index contributed by atoms with van der Waals surface area (Å²) in [5, 5.41) is 6.68. The van der Waals surface area contributed by atoms with Gasteiger partial charge in [-0.15, -0.1) is 0 Å². The molecule has 0 fully saturated rings. The van der Waals surface area contributed by atoms with E-state index in [0.717, 1.165) is 70.9 Å². The molecule has 0 aliphatic carbocycles. The lowest BCUT2D eigenvalue weighted by Crippen LogP contribution is -2.03. The third-order valence-electron chi connectivity index (χ3n) is 10.9. The van der Waals surface area contributed by atoms with Crippen LogP contribution in [0.15, 0.2) is 194 Å². The minimum absolute atomic E-state index is 0.0563. The second-order valence-electron chi connectivity index (χ2n) is 14.1. The van der Waals surface area contributed by atoms with Crippen molar-refractivity contribution < 1.29 is 9.60 Å². The van der Waals surface area contributed by atoms with E-state index in [9.17, 15) is 2.74 Å². The molecule has 0 N–H and O–H groups in total. The summed E-state index contributed by atoms with van der Waals surface area (Å²) in [6.07, 6.45) is 0. The molecule has 3 aromatic heterocycles. The fourth-order valence-electron chi connectivity index (χ4n) is 8.36. The molecule has 0 saturated heterocycles. The van der Waals surface area contributed by atoms with Gasteiger partial charge in [0.1, 0.15) is 0 Å². The number of hydrogen-bond donors (Lipinski definition) is 0. The second-order valence-corrected chi connectivity index (χ2v) is 14.1. The lowest BCUT2D eigenvalue weighted by molar-refractivity contribution is 1.01. The van der Waals surface area contributed by atoms with Crippen LogP contribution in [0, 0.1) is 0 Å². The van der Waals surface area contributed by atoms with Gasteiger partial charge in [0.25, 0.3) is 0 Å². The van der Waals surface area contributed by atoms with Crippen molar-refractivity contribution in [2.45, 2.75) is 0 Å². The zero-order chi connectivity index (χ0) is 42.8. The smallest absolute Gasteiger partial charge is 0.235 e. The second kappa shape index (κ2) is 12.0. The van der Waals surface area contributed by atoms with Gasteiger partial charge in [-0.05, 0) is 81.2 Å². The Balaban J connectivity index is 1.16. The standard InChI is InChI=1S/C52H32N4/c1-2-12-33(13-3-1)38-23-26-43-45-29-36-16-6-7-17-37(36)30-50(45)56(49(43)31-38)52-53-46-20-10-8-19-44(46)51(54-52)39-24-27-42-41-18-9-11-21-47(41)55(48(42)32-39)40-25-22-34-14-4-5-15-35(34)28-40/h1-32H/i4D,5D,14D,15D,22D,25D,28D. The Morgan fingerprint density at radius 2 is 1.04 bits per heavy atom. The average molecular weight is 720 g/mol. The molecule has 0 radical (unpaired) electrons. The van der Waals surface area contributed by atoms with Gasteiger partial charge in [-0.1, -0.05) is 145 Å². The van der Waals surface area contributed by atoms with E-state index >= 15 is 0 Å². The maximum Gasteiger partial charge on any atom is 0.235 e. The van der Waals surface area contributed by atoms with Crippen molar-refractivity contribution >= 4 is 76.1 Å². The molecule has 12 aromatic rings. The zero-order valence-electron chi connectivity index (χ0n) is 36.7. The number of para-hydroxylation sites is 2. The van der Waals surface area contributed by atoms with E-state index in [0.29, 0.717) is 22.7 Å². The van der Waals surface area contributed by atoms with E-state index in [4.69, 9.17) is 16.8 Å². The Kier molecular flexibility index (Phi) is 5.28. The van der Waals surface area contributed by atoms with Crippen LogP contribution in [0.3, 0.4) is 0 Å². The molecule has 0 aliphatic heterocycles. The van der Waals surface area contributed by atoms with Crippen LogP contribution in [0.2, 0.25) is 0 Å². The molecular weight excluding hydrogens is 681 g/mol. The number of nitrogens with zero attached hydrogens (tertiary/aromatic N) is 4. The van der Waals surface area contributed by atoms with E-state index in [2.05, 4.69) is 65.2 Å². The fraction of sp³-hybridized carbons (Fsp3) is 0. The zero-order valence-corrected chi connectivity index (χ0v) is 29.7. The third kappa shape index (κ3) is 4.66. The van der Waals surface area contributed by atoms with Crippen molar-refractivity contribution in [2.24, 2.45) is 0 Å². The number of hydrogen-bond acceptors (Lipinski definition) is 2. The molecule has 0 unspecified atom stereocenters. The monoisotopic (exact) mass is 719 g/mol. The normalized spacial score (nSPS) is 13.7. The Hall–Kier alpha value is -7.56. The topological polar surface area (TPSA) is 35.6 Å². The van der Waals surface area contributed by atoms with Crippen LogP contribution in [-0.4, -0.2) is 19.1 Å². The van der Waals surface area contributed by atoms with Crippen molar-refractivity contribution in [3.05, 3.63) is 194 Å². The van der Waals surface area contributed by atoms with Crippen molar-refractivity contribution in [3.8, 4) is 34.0 Å². The van der Waals surface area contributed by atoms with E-state index in [1.54, 1.807) is 4.57 Å². The highest BCUT2D eigenvalue weighted by Crippen LogP contribution is 2.40. The summed E-state index contributed by atoms with van der Waals surface area (Å²) in [6.45, 7) is 0. The quantitative estimate of drug-likeness (QED) is 0.182. The highest BCUT2D eigenvalue weighted by molar-refractivity contribution is 6.15. The van der Waals surface area contributed by atoms with Gasteiger partial charge in [0.2, 0.25) is 5.95 Å². The first-order chi connectivity index (χ1) is 30.7. The molecule has 12 rings (SSSR count). The predicted molar refractivity (Wildman–Crippen MR) is 234 cm³/mol. The molecule has 4 nitrogen and oxygen atoms in total. The largest absolute Gasteiger partial charge is 0.309 e. The van der Waals surface area contributed by atoms with Gasteiger partial charge < -0.3 is 4.57 Å². The molecule has 0 atom stereocenters. The summed E-state index contributed by atoms with van der Waals surface area (Å²) in [5.41, 5.74) is 7.67. The van der Waals surface area contributed by atoms with Crippen molar-refractivity contribution in [3.63, 3.8) is 0 Å². The first-order valence-electron chi connectivity index (χ1n) is 22.0. The van der Waals surface area contributed by atoms with Crippen LogP contribution < -0.4 is 0 Å². The molecule has 4 heteroatoms. The molecular formula is C52H32N4. The van der Waals surface area contributed by atoms with Crippen molar-refractivity contribution in [1.82, 2.24) is 19.1 Å². The molecule has 0 bridgehead atoms. The van der Waals surface area contributed by atoms with Crippen LogP contribution in [0.1, 0.15) is 9.60 Å². The van der Waals surface area contributed by atoms with Crippen molar-refractivity contribution in [2.75, 3.05) is 0 Å². The number of aromatic nitrogens is 4. The van der Waals surface area contributed by atoms with Gasteiger partial charge in [-0.3, -0.25) is 4.57 Å². The highest BCUT2D eigenvalue weighted by atomic mass is 15.2. The molecule has 56 heavy (non-hydrogen) atoms. The maximum absolute atomic E-state index is 9.50. The minimum atomic E-state index is -0.503. The molecule has 0 aliphatic rings. The lowest BCUT2D eigenvalue weighted by Gasteiger charge is -2.13. The molecule has 0 spiro atoms. The summed E-state index contributed by atoms with van der Waals surface area (Å²) in [7, 11) is 0. The molecule has 3 heterocycles. The summed E-state index contributed by atoms with van der Waals surface area (Å²) >= 11 is 0. The lowest BCUT2D eigenvalue weighted by atomic mass is 10.0. The Morgan fingerprint density at radius 1 is 0.393 bits per heavy atom. The SMILES string of the molecule is [2H]c1c([2H])c([2H])c2c([2H])c(-n3c4ccccc4c4ccc(-c5nc(-n6c7cc(-c8ccccc8)ccc7c7cc8ccccc8cc76)nc6ccccc56)cc43)c([2H])c([2H])c2c1[2H]. The van der Waals surface area contributed by atoms with Crippen molar-refractivity contribution in [1.29, 1.82) is 0 Å². The van der Waals surface area contributed by atoms with E-state index < -0.39 is 24.2 Å². The predicted octanol–water partition coefficient (Wildman–Crippen LogP) is 13.5. The first-order valence-corrected chi connectivity index (χ1v) is 18.5. The summed E-state index contributed by atoms with van der Waals surface area (Å²) in [4.78, 5) is 10.7. The van der Waals surface area contributed by atoms with E-state index in [-0.39, 0.29) is 34.6 Å². The number of benzene rings is 9. The molecule has 0 amide bonds. The summed E-state index contributed by atoms with van der Waals surface area (Å²) < 4.78 is 65.9. The third-order valence-corrected chi connectivity index (χ3v) is 10.9. The average Bonchev–Trinajstić information content (AvgIpc) is 3.81. The van der Waals surface area contributed by atoms with Gasteiger partial charge in [0, 0.05) is 38.2 Å². The summed E-state index contributed by atoms with van der Waals surface area (Å²) in [5.74, 6) is 0.495. The molecule has 0 saturated carbocycles. The number of fused-ring (bicyclic) bond motifs is 9. The van der Waals surface area contributed by atoms with Crippen LogP contribution in [0.5, 0.6) is 0 Å². The van der Waals surface area contributed by atoms with Crippen LogP contribution in [0.25, 0.3) is 110 Å². The highest BCUT2D eigenvalue weighted by Gasteiger charge is 2.20. The molecule has 260 valence electrons. The minimum Gasteiger partial charge on any atom is -0.309 e. The maximum atomic E-state index is 9.50. The van der Waals surface area contributed by atoms with Crippen LogP contribution >= 0.6 is 0 Å². The van der Waals surface area contributed by atoms with Crippen LogP contribution in [0.4, 0.5) is 0 Å². The number of rotatable bonds is 4. The Morgan fingerprint density at radius 3 is 1.91 bits per heavy atom. The van der Waals surface area contributed by atoms with Gasteiger partial charge >= 0.3 is 0 Å². The van der Waals surface area contributed by atoms with Gasteiger partial charge in [0.05, 0.1) is 42.9 Å². The van der Waals surface area contributed by atoms with E-state index in [1.807, 2.05) is 91.0 Å². The van der Waals surface area contributed by atoms with E-state index in [1.165, 1.54) is 0 Å². The molecule has 9 aromatic carbocycles. The van der Waals surface area contributed by atoms with Gasteiger partial charge in [0.15, 0.2) is 0 Å². The Bertz CT molecular complexity index is 3950. The van der Waals surface area contributed by atoms with Gasteiger partial charge in [-0.25, -0.2) is 9.97 Å². The fourth-order valence-corrected chi connectivity index (χ4v) is 8.36. The van der Waals surface area contributed by atoms with Crippen LogP contribution in [-0.2, 0) is 0 Å². The Labute approximate surface area is 332 Å². The first kappa shape index (κ1) is 24.7. The van der Waals surface area contributed by atoms with Gasteiger partial charge in [-0.2, -0.15) is 0 Å². The summed E-state index contributed by atoms with van der Waals surface area (Å²) in [6, 6.07) is 48.5.